The van der Waals surface area contributed by atoms with E-state index in [9.17, 15) is 13.2 Å². The maximum absolute atomic E-state index is 13.1. The van der Waals surface area contributed by atoms with Gasteiger partial charge in [-0.15, -0.1) is 0 Å². The van der Waals surface area contributed by atoms with Crippen molar-refractivity contribution in [3.8, 4) is 0 Å². The van der Waals surface area contributed by atoms with E-state index in [1.54, 1.807) is 0 Å². The fourth-order valence-electron chi connectivity index (χ4n) is 4.48. The number of aromatic nitrogens is 4. The number of sulfonamides is 1. The van der Waals surface area contributed by atoms with E-state index >= 15 is 0 Å². The van der Waals surface area contributed by atoms with Crippen molar-refractivity contribution in [1.82, 2.24) is 35.1 Å². The fraction of sp³-hybridized carbons (Fsp3) is 0.393. The van der Waals surface area contributed by atoms with E-state index < -0.39 is 22.2 Å². The molecule has 2 aromatic carbocycles. The molecule has 4 aromatic rings. The zero-order valence-corrected chi connectivity index (χ0v) is 23.7. The second-order valence-corrected chi connectivity index (χ2v) is 11.4. The molecule has 40 heavy (non-hydrogen) atoms. The van der Waals surface area contributed by atoms with Gasteiger partial charge in [-0.1, -0.05) is 62.4 Å². The third kappa shape index (κ3) is 8.38. The standard InChI is InChI=1S/C28H37N7O4S/c1-3-35(4-2)15-10-16-40(37,38)34-25(17-22-18-29-24-14-9-8-13-23(22)24)27-31-26(32-33-27)19-30-28(36)39-20-21-11-6-5-7-12-21/h5-9,11-14,18,25,29,34H,3-4,10,15-17,19-20H2,1-2H3,(H,30,36)(H,31,32,33)/t25-/m1/s1. The summed E-state index contributed by atoms with van der Waals surface area (Å²) in [6, 6.07) is 16.6. The normalized spacial score (nSPS) is 12.6. The Morgan fingerprint density at radius 2 is 1.82 bits per heavy atom. The molecule has 0 unspecified atom stereocenters. The summed E-state index contributed by atoms with van der Waals surface area (Å²) in [5.74, 6) is 0.687. The molecular formula is C28H37N7O4S. The largest absolute Gasteiger partial charge is 0.445 e. The van der Waals surface area contributed by atoms with Crippen molar-refractivity contribution in [2.75, 3.05) is 25.4 Å². The molecule has 214 valence electrons. The number of ether oxygens (including phenoxy) is 1. The number of carbonyl (C=O) groups is 1. The number of fused-ring (bicyclic) bond motifs is 1. The zero-order chi connectivity index (χ0) is 28.4. The van der Waals surface area contributed by atoms with Gasteiger partial charge in [-0.3, -0.25) is 5.10 Å². The molecule has 4 N–H and O–H groups in total. The van der Waals surface area contributed by atoms with Gasteiger partial charge in [0.2, 0.25) is 10.0 Å². The van der Waals surface area contributed by atoms with Gasteiger partial charge < -0.3 is 19.9 Å². The fourth-order valence-corrected chi connectivity index (χ4v) is 5.73. The third-order valence-corrected chi connectivity index (χ3v) is 8.16. The first kappa shape index (κ1) is 29.2. The second-order valence-electron chi connectivity index (χ2n) is 9.49. The maximum Gasteiger partial charge on any atom is 0.407 e. The third-order valence-electron chi connectivity index (χ3n) is 6.69. The van der Waals surface area contributed by atoms with Gasteiger partial charge in [0.1, 0.15) is 12.4 Å². The topological polar surface area (TPSA) is 145 Å². The molecule has 0 fully saturated rings. The molecule has 0 bridgehead atoms. The van der Waals surface area contributed by atoms with Crippen molar-refractivity contribution >= 4 is 27.0 Å². The zero-order valence-electron chi connectivity index (χ0n) is 22.9. The number of aromatic amines is 2. The number of hydrogen-bond donors (Lipinski definition) is 4. The van der Waals surface area contributed by atoms with Crippen LogP contribution in [0.5, 0.6) is 0 Å². The number of H-pyrrole nitrogens is 2. The summed E-state index contributed by atoms with van der Waals surface area (Å²) in [4.78, 5) is 22.1. The summed E-state index contributed by atoms with van der Waals surface area (Å²) >= 11 is 0. The van der Waals surface area contributed by atoms with Gasteiger partial charge in [0, 0.05) is 17.1 Å². The number of carbonyl (C=O) groups excluding carboxylic acids is 1. The number of rotatable bonds is 15. The molecule has 1 amide bonds. The van der Waals surface area contributed by atoms with Crippen LogP contribution in [-0.4, -0.2) is 65.0 Å². The summed E-state index contributed by atoms with van der Waals surface area (Å²) in [5.41, 5.74) is 2.80. The van der Waals surface area contributed by atoms with Crippen LogP contribution in [0.25, 0.3) is 10.9 Å². The van der Waals surface area contributed by atoms with Gasteiger partial charge in [-0.25, -0.2) is 22.9 Å². The van der Waals surface area contributed by atoms with Crippen LogP contribution < -0.4 is 10.0 Å². The lowest BCUT2D eigenvalue weighted by molar-refractivity contribution is 0.139. The molecule has 0 spiro atoms. The first-order valence-corrected chi connectivity index (χ1v) is 15.1. The molecule has 1 atom stereocenters. The predicted molar refractivity (Wildman–Crippen MR) is 154 cm³/mol. The predicted octanol–water partition coefficient (Wildman–Crippen LogP) is 3.65. The average Bonchev–Trinajstić information content (AvgIpc) is 3.61. The molecule has 0 aliphatic carbocycles. The number of para-hydroxylation sites is 1. The van der Waals surface area contributed by atoms with Crippen LogP contribution in [-0.2, 0) is 34.3 Å². The van der Waals surface area contributed by atoms with E-state index in [-0.39, 0.29) is 18.9 Å². The lowest BCUT2D eigenvalue weighted by Gasteiger charge is -2.19. The van der Waals surface area contributed by atoms with Crippen LogP contribution in [0.3, 0.4) is 0 Å². The summed E-state index contributed by atoms with van der Waals surface area (Å²) in [6.45, 7) is 6.76. The van der Waals surface area contributed by atoms with Gasteiger partial charge in [0.05, 0.1) is 18.3 Å². The van der Waals surface area contributed by atoms with Gasteiger partial charge in [0.15, 0.2) is 5.82 Å². The highest BCUT2D eigenvalue weighted by Gasteiger charge is 2.24. The van der Waals surface area contributed by atoms with Crippen molar-refractivity contribution < 1.29 is 17.9 Å². The van der Waals surface area contributed by atoms with Crippen molar-refractivity contribution in [2.45, 2.75) is 45.9 Å². The number of hydrogen-bond acceptors (Lipinski definition) is 7. The Bertz CT molecular complexity index is 1470. The van der Waals surface area contributed by atoms with Crippen LogP contribution >= 0.6 is 0 Å². The summed E-state index contributed by atoms with van der Waals surface area (Å²) in [7, 11) is -3.61. The van der Waals surface area contributed by atoms with Crippen LogP contribution in [0.4, 0.5) is 4.79 Å². The Labute approximate surface area is 234 Å². The number of amides is 1. The second kappa shape index (κ2) is 14.1. The monoisotopic (exact) mass is 567 g/mol. The van der Waals surface area contributed by atoms with Crippen LogP contribution in [0.1, 0.15) is 49.1 Å². The maximum atomic E-state index is 13.1. The SMILES string of the molecule is CCN(CC)CCCS(=O)(=O)N[C@H](Cc1c[nH]c2ccccc12)c1nc(CNC(=O)OCc2ccccc2)n[nH]1. The van der Waals surface area contributed by atoms with Gasteiger partial charge in [-0.2, -0.15) is 5.10 Å². The van der Waals surface area contributed by atoms with Crippen LogP contribution in [0.2, 0.25) is 0 Å². The molecule has 2 heterocycles. The molecule has 0 saturated heterocycles. The highest BCUT2D eigenvalue weighted by molar-refractivity contribution is 7.89. The first-order valence-electron chi connectivity index (χ1n) is 13.5. The van der Waals surface area contributed by atoms with Crippen LogP contribution in [0.15, 0.2) is 60.8 Å². The Morgan fingerprint density at radius 1 is 1.07 bits per heavy atom. The number of nitrogens with one attached hydrogen (secondary N) is 4. The Balaban J connectivity index is 1.42. The van der Waals surface area contributed by atoms with E-state index in [4.69, 9.17) is 4.74 Å². The van der Waals surface area contributed by atoms with E-state index in [1.807, 2.05) is 60.8 Å². The molecule has 0 aliphatic rings. The lowest BCUT2D eigenvalue weighted by Crippen LogP contribution is -2.34. The molecule has 0 radical (unpaired) electrons. The van der Waals surface area contributed by atoms with E-state index in [1.165, 1.54) is 0 Å². The highest BCUT2D eigenvalue weighted by Crippen LogP contribution is 2.24. The molecule has 0 saturated carbocycles. The Hall–Kier alpha value is -3.74. The van der Waals surface area contributed by atoms with Crippen molar-refractivity contribution in [2.24, 2.45) is 0 Å². The minimum Gasteiger partial charge on any atom is -0.445 e. The van der Waals surface area contributed by atoms with Gasteiger partial charge in [0.25, 0.3) is 0 Å². The van der Waals surface area contributed by atoms with Crippen molar-refractivity contribution in [1.29, 1.82) is 0 Å². The van der Waals surface area contributed by atoms with E-state index in [0.717, 1.165) is 35.1 Å². The smallest absolute Gasteiger partial charge is 0.407 e. The lowest BCUT2D eigenvalue weighted by atomic mass is 10.1. The molecule has 11 nitrogen and oxygen atoms in total. The minimum atomic E-state index is -3.61. The number of alkyl carbamates (subject to hydrolysis) is 1. The van der Waals surface area contributed by atoms with Gasteiger partial charge in [-0.05, 0) is 49.7 Å². The van der Waals surface area contributed by atoms with Crippen LogP contribution in [0, 0.1) is 0 Å². The highest BCUT2D eigenvalue weighted by atomic mass is 32.2. The quantitative estimate of drug-likeness (QED) is 0.172. The number of benzene rings is 2. The Kier molecular flexibility index (Phi) is 10.3. The molecule has 12 heteroatoms. The summed E-state index contributed by atoms with van der Waals surface area (Å²) < 4.78 is 34.3. The van der Waals surface area contributed by atoms with Crippen molar-refractivity contribution in [3.63, 3.8) is 0 Å². The molecular weight excluding hydrogens is 530 g/mol. The average molecular weight is 568 g/mol. The Morgan fingerprint density at radius 3 is 2.60 bits per heavy atom. The molecule has 4 rings (SSSR count). The van der Waals surface area contributed by atoms with E-state index in [0.29, 0.717) is 31.0 Å². The first-order chi connectivity index (χ1) is 19.4. The molecule has 2 aromatic heterocycles. The van der Waals surface area contributed by atoms with Crippen molar-refractivity contribution in [3.05, 3.63) is 83.6 Å². The minimum absolute atomic E-state index is 0.00366. The summed E-state index contributed by atoms with van der Waals surface area (Å²) in [5, 5.41) is 10.7. The number of nitrogens with zero attached hydrogens (tertiary/aromatic N) is 3. The van der Waals surface area contributed by atoms with E-state index in [2.05, 4.69) is 49.0 Å². The summed E-state index contributed by atoms with van der Waals surface area (Å²) in [6.07, 6.45) is 2.17. The van der Waals surface area contributed by atoms with Gasteiger partial charge >= 0.3 is 6.09 Å². The molecule has 0 aliphatic heterocycles.